The Labute approximate surface area is 126 Å². The van der Waals surface area contributed by atoms with E-state index in [-0.39, 0.29) is 5.78 Å². The van der Waals surface area contributed by atoms with Gasteiger partial charge >= 0.3 is 0 Å². The molecule has 0 aromatic heterocycles. The summed E-state index contributed by atoms with van der Waals surface area (Å²) in [4.78, 5) is 12.0. The van der Waals surface area contributed by atoms with E-state index in [4.69, 9.17) is 34.8 Å². The van der Waals surface area contributed by atoms with E-state index in [0.717, 1.165) is 5.56 Å². The lowest BCUT2D eigenvalue weighted by Gasteiger charge is -2.00. The number of halogens is 3. The lowest BCUT2D eigenvalue weighted by molar-refractivity contribution is 0.104. The second kappa shape index (κ2) is 6.25. The second-order valence-corrected chi connectivity index (χ2v) is 5.16. The number of carbonyl (C=O) groups is 1. The molecule has 2 rings (SSSR count). The van der Waals surface area contributed by atoms with Crippen LogP contribution in [0.1, 0.15) is 15.9 Å². The van der Waals surface area contributed by atoms with Crippen molar-refractivity contribution in [2.24, 2.45) is 0 Å². The number of benzene rings is 2. The van der Waals surface area contributed by atoms with Crippen molar-refractivity contribution in [2.75, 3.05) is 0 Å². The molecule has 19 heavy (non-hydrogen) atoms. The van der Waals surface area contributed by atoms with E-state index in [2.05, 4.69) is 0 Å². The van der Waals surface area contributed by atoms with Crippen LogP contribution in [0.5, 0.6) is 0 Å². The van der Waals surface area contributed by atoms with Gasteiger partial charge in [-0.15, -0.1) is 0 Å². The molecule has 0 aliphatic heterocycles. The summed E-state index contributed by atoms with van der Waals surface area (Å²) in [6.45, 7) is 0. The summed E-state index contributed by atoms with van der Waals surface area (Å²) >= 11 is 17.6. The maximum atomic E-state index is 12.0. The fraction of sp³-hybridized carbons (Fsp3) is 0. The molecule has 0 aliphatic carbocycles. The van der Waals surface area contributed by atoms with Crippen LogP contribution in [-0.2, 0) is 0 Å². The maximum absolute atomic E-state index is 12.0. The quantitative estimate of drug-likeness (QED) is 0.537. The Morgan fingerprint density at radius 1 is 0.947 bits per heavy atom. The van der Waals surface area contributed by atoms with Crippen molar-refractivity contribution in [2.45, 2.75) is 0 Å². The topological polar surface area (TPSA) is 17.1 Å². The minimum absolute atomic E-state index is 0.179. The first kappa shape index (κ1) is 14.1. The molecule has 96 valence electrons. The van der Waals surface area contributed by atoms with E-state index >= 15 is 0 Å². The summed E-state index contributed by atoms with van der Waals surface area (Å²) in [6, 6.07) is 12.0. The minimum Gasteiger partial charge on any atom is -0.289 e. The zero-order chi connectivity index (χ0) is 13.8. The van der Waals surface area contributed by atoms with Gasteiger partial charge in [-0.05, 0) is 42.0 Å². The molecule has 0 N–H and O–H groups in total. The molecule has 0 atom stereocenters. The highest BCUT2D eigenvalue weighted by Gasteiger charge is 2.07. The van der Waals surface area contributed by atoms with E-state index < -0.39 is 0 Å². The molecule has 0 saturated heterocycles. The summed E-state index contributed by atoms with van der Waals surface area (Å²) in [7, 11) is 0. The average Bonchev–Trinajstić information content (AvgIpc) is 2.36. The highest BCUT2D eigenvalue weighted by atomic mass is 35.5. The average molecular weight is 312 g/mol. The van der Waals surface area contributed by atoms with Crippen molar-refractivity contribution < 1.29 is 4.79 Å². The molecule has 0 radical (unpaired) electrons. The minimum atomic E-state index is -0.179. The van der Waals surface area contributed by atoms with Crippen LogP contribution in [0.15, 0.2) is 48.5 Å². The predicted molar refractivity (Wildman–Crippen MR) is 81.3 cm³/mol. The Morgan fingerprint density at radius 2 is 1.68 bits per heavy atom. The summed E-state index contributed by atoms with van der Waals surface area (Å²) < 4.78 is 0. The van der Waals surface area contributed by atoms with Gasteiger partial charge in [0.1, 0.15) is 0 Å². The Morgan fingerprint density at radius 3 is 2.37 bits per heavy atom. The fourth-order valence-corrected chi connectivity index (χ4v) is 2.26. The summed E-state index contributed by atoms with van der Waals surface area (Å²) in [6.07, 6.45) is 3.15. The molecule has 0 saturated carbocycles. The van der Waals surface area contributed by atoms with Gasteiger partial charge in [-0.3, -0.25) is 4.79 Å². The lowest BCUT2D eigenvalue weighted by atomic mass is 10.1. The highest BCUT2D eigenvalue weighted by molar-refractivity contribution is 6.37. The van der Waals surface area contributed by atoms with Gasteiger partial charge in [-0.1, -0.05) is 53.0 Å². The van der Waals surface area contributed by atoms with Gasteiger partial charge in [0.25, 0.3) is 0 Å². The van der Waals surface area contributed by atoms with Gasteiger partial charge in [-0.25, -0.2) is 0 Å². The van der Waals surface area contributed by atoms with Gasteiger partial charge < -0.3 is 0 Å². The molecule has 0 fully saturated rings. The van der Waals surface area contributed by atoms with Gasteiger partial charge in [0.05, 0.1) is 5.02 Å². The first-order valence-electron chi connectivity index (χ1n) is 5.49. The van der Waals surface area contributed by atoms with Crippen LogP contribution in [0.4, 0.5) is 0 Å². The van der Waals surface area contributed by atoms with Gasteiger partial charge in [0.15, 0.2) is 5.78 Å². The third-order valence-corrected chi connectivity index (χ3v) is 3.26. The number of rotatable bonds is 3. The van der Waals surface area contributed by atoms with Crippen LogP contribution in [0, 0.1) is 0 Å². The van der Waals surface area contributed by atoms with Crippen LogP contribution >= 0.6 is 34.8 Å². The molecule has 0 unspecified atom stereocenters. The third-order valence-electron chi connectivity index (χ3n) is 2.47. The predicted octanol–water partition coefficient (Wildman–Crippen LogP) is 5.54. The van der Waals surface area contributed by atoms with Crippen molar-refractivity contribution >= 4 is 46.7 Å². The lowest BCUT2D eigenvalue weighted by Crippen LogP contribution is -1.95. The number of allylic oxidation sites excluding steroid dienone is 1. The SMILES string of the molecule is O=C(/C=C/c1cccc(Cl)c1)c1ccc(Cl)cc1Cl. The normalized spacial score (nSPS) is 10.9. The largest absolute Gasteiger partial charge is 0.289 e. The Balaban J connectivity index is 2.21. The van der Waals surface area contributed by atoms with Crippen molar-refractivity contribution in [1.29, 1.82) is 0 Å². The Kier molecular flexibility index (Phi) is 4.65. The van der Waals surface area contributed by atoms with E-state index in [1.807, 2.05) is 12.1 Å². The molecule has 0 spiro atoms. The summed E-state index contributed by atoms with van der Waals surface area (Å²) in [5, 5.41) is 1.47. The van der Waals surface area contributed by atoms with Crippen molar-refractivity contribution in [3.05, 3.63) is 74.7 Å². The number of carbonyl (C=O) groups excluding carboxylic acids is 1. The van der Waals surface area contributed by atoms with Crippen LogP contribution in [0.3, 0.4) is 0 Å². The van der Waals surface area contributed by atoms with Crippen LogP contribution < -0.4 is 0 Å². The maximum Gasteiger partial charge on any atom is 0.187 e. The van der Waals surface area contributed by atoms with Gasteiger partial charge in [-0.2, -0.15) is 0 Å². The number of hydrogen-bond donors (Lipinski definition) is 0. The Bertz CT molecular complexity index is 648. The second-order valence-electron chi connectivity index (χ2n) is 3.88. The molecule has 0 amide bonds. The van der Waals surface area contributed by atoms with Crippen LogP contribution in [0.25, 0.3) is 6.08 Å². The molecule has 0 bridgehead atoms. The third kappa shape index (κ3) is 3.84. The summed E-state index contributed by atoms with van der Waals surface area (Å²) in [5.74, 6) is -0.179. The van der Waals surface area contributed by atoms with Crippen LogP contribution in [-0.4, -0.2) is 5.78 Å². The molecule has 2 aromatic carbocycles. The van der Waals surface area contributed by atoms with E-state index in [0.29, 0.717) is 20.6 Å². The fourth-order valence-electron chi connectivity index (χ4n) is 1.56. The standard InChI is InChI=1S/C15H9Cl3O/c16-11-3-1-2-10(8-11)4-7-15(19)13-6-5-12(17)9-14(13)18/h1-9H/b7-4+. The molecule has 1 nitrogen and oxygen atoms in total. The first-order chi connectivity index (χ1) is 9.06. The summed E-state index contributed by atoms with van der Waals surface area (Å²) in [5.41, 5.74) is 1.27. The Hall–Kier alpha value is -1.28. The highest BCUT2D eigenvalue weighted by Crippen LogP contribution is 2.22. The van der Waals surface area contributed by atoms with Gasteiger partial charge in [0, 0.05) is 15.6 Å². The molecule has 2 aromatic rings. The molecule has 0 heterocycles. The number of ketones is 1. The van der Waals surface area contributed by atoms with Crippen molar-refractivity contribution in [1.82, 2.24) is 0 Å². The van der Waals surface area contributed by atoms with E-state index in [1.54, 1.807) is 36.4 Å². The van der Waals surface area contributed by atoms with Gasteiger partial charge in [0.2, 0.25) is 0 Å². The monoisotopic (exact) mass is 310 g/mol. The smallest absolute Gasteiger partial charge is 0.187 e. The first-order valence-corrected chi connectivity index (χ1v) is 6.63. The zero-order valence-corrected chi connectivity index (χ0v) is 12.0. The van der Waals surface area contributed by atoms with E-state index in [9.17, 15) is 4.79 Å². The zero-order valence-electron chi connectivity index (χ0n) is 9.74. The number of hydrogen-bond acceptors (Lipinski definition) is 1. The molecular weight excluding hydrogens is 303 g/mol. The molecule has 4 heteroatoms. The van der Waals surface area contributed by atoms with E-state index in [1.165, 1.54) is 6.08 Å². The molecular formula is C15H9Cl3O. The van der Waals surface area contributed by atoms with Crippen molar-refractivity contribution in [3.63, 3.8) is 0 Å². The molecule has 0 aliphatic rings. The van der Waals surface area contributed by atoms with Crippen molar-refractivity contribution in [3.8, 4) is 0 Å². The van der Waals surface area contributed by atoms with Crippen LogP contribution in [0.2, 0.25) is 15.1 Å².